The van der Waals surface area contributed by atoms with Gasteiger partial charge in [0.1, 0.15) is 5.76 Å². The van der Waals surface area contributed by atoms with Crippen LogP contribution >= 0.6 is 15.9 Å². The van der Waals surface area contributed by atoms with Gasteiger partial charge in [-0.2, -0.15) is 5.10 Å². The van der Waals surface area contributed by atoms with Crippen LogP contribution in [0, 0.1) is 0 Å². The lowest BCUT2D eigenvalue weighted by Crippen LogP contribution is -2.31. The Bertz CT molecular complexity index is 520. The van der Waals surface area contributed by atoms with E-state index >= 15 is 0 Å². The number of halogens is 1. The third kappa shape index (κ3) is 2.23. The molecule has 0 aliphatic carbocycles. The van der Waals surface area contributed by atoms with Gasteiger partial charge in [0.2, 0.25) is 0 Å². The normalized spacial score (nSPS) is 12.9. The monoisotopic (exact) mass is 312 g/mol. The molecule has 2 heterocycles. The van der Waals surface area contributed by atoms with E-state index in [-0.39, 0.29) is 6.04 Å². The molecule has 0 fully saturated rings. The standard InChI is InChI=1S/C12H17BrN4O/c1-3-10-8(5-6-18-10)11(16-14)12-9(13)7-15-17(12)4-2/h5-7,11,16H,3-4,14H2,1-2H3. The fourth-order valence-corrected chi connectivity index (χ4v) is 2.65. The summed E-state index contributed by atoms with van der Waals surface area (Å²) in [4.78, 5) is 0. The Labute approximate surface area is 114 Å². The van der Waals surface area contributed by atoms with Crippen molar-refractivity contribution in [3.63, 3.8) is 0 Å². The number of hydrogen-bond donors (Lipinski definition) is 2. The van der Waals surface area contributed by atoms with Crippen molar-refractivity contribution in [1.82, 2.24) is 15.2 Å². The average molecular weight is 313 g/mol. The Morgan fingerprint density at radius 2 is 2.33 bits per heavy atom. The number of aromatic nitrogens is 2. The molecule has 0 aliphatic heterocycles. The summed E-state index contributed by atoms with van der Waals surface area (Å²) in [7, 11) is 0. The molecule has 18 heavy (non-hydrogen) atoms. The largest absolute Gasteiger partial charge is 0.469 e. The molecule has 0 amide bonds. The Kier molecular flexibility index (Phi) is 4.21. The minimum Gasteiger partial charge on any atom is -0.469 e. The van der Waals surface area contributed by atoms with Gasteiger partial charge in [-0.05, 0) is 28.9 Å². The van der Waals surface area contributed by atoms with Gasteiger partial charge in [0, 0.05) is 18.5 Å². The lowest BCUT2D eigenvalue weighted by molar-refractivity contribution is 0.491. The van der Waals surface area contributed by atoms with Crippen molar-refractivity contribution < 1.29 is 4.42 Å². The number of nitrogens with one attached hydrogen (secondary N) is 1. The second-order valence-corrected chi connectivity index (χ2v) is 4.80. The molecule has 6 heteroatoms. The van der Waals surface area contributed by atoms with Gasteiger partial charge in [0.15, 0.2) is 0 Å². The molecule has 1 atom stereocenters. The second-order valence-electron chi connectivity index (χ2n) is 3.95. The highest BCUT2D eigenvalue weighted by atomic mass is 79.9. The average Bonchev–Trinajstić information content (AvgIpc) is 2.98. The molecule has 0 spiro atoms. The first kappa shape index (κ1) is 13.3. The fraction of sp³-hybridized carbons (Fsp3) is 0.417. The Balaban J connectivity index is 2.48. The molecule has 2 aromatic heterocycles. The topological polar surface area (TPSA) is 69.0 Å². The molecule has 3 N–H and O–H groups in total. The zero-order chi connectivity index (χ0) is 13.1. The lowest BCUT2D eigenvalue weighted by Gasteiger charge is -2.18. The van der Waals surface area contributed by atoms with Gasteiger partial charge >= 0.3 is 0 Å². The third-order valence-electron chi connectivity index (χ3n) is 2.98. The Morgan fingerprint density at radius 3 is 2.94 bits per heavy atom. The first-order valence-electron chi connectivity index (χ1n) is 5.96. The number of furan rings is 1. The van der Waals surface area contributed by atoms with Crippen LogP contribution in [-0.2, 0) is 13.0 Å². The summed E-state index contributed by atoms with van der Waals surface area (Å²) >= 11 is 3.52. The summed E-state index contributed by atoms with van der Waals surface area (Å²) in [5.74, 6) is 6.66. The Hall–Kier alpha value is -1.11. The van der Waals surface area contributed by atoms with Crippen LogP contribution in [0.15, 0.2) is 27.4 Å². The van der Waals surface area contributed by atoms with Gasteiger partial charge in [0.05, 0.1) is 28.7 Å². The summed E-state index contributed by atoms with van der Waals surface area (Å²) in [5, 5.41) is 4.31. The van der Waals surface area contributed by atoms with E-state index in [1.54, 1.807) is 12.5 Å². The Morgan fingerprint density at radius 1 is 1.56 bits per heavy atom. The van der Waals surface area contributed by atoms with E-state index in [1.165, 1.54) is 0 Å². The first-order valence-corrected chi connectivity index (χ1v) is 6.75. The van der Waals surface area contributed by atoms with E-state index in [0.717, 1.165) is 34.5 Å². The molecule has 0 saturated heterocycles. The minimum absolute atomic E-state index is 0.129. The summed E-state index contributed by atoms with van der Waals surface area (Å²) in [5.41, 5.74) is 4.91. The van der Waals surface area contributed by atoms with Crippen LogP contribution < -0.4 is 11.3 Å². The van der Waals surface area contributed by atoms with Crippen LogP contribution in [0.1, 0.15) is 36.9 Å². The summed E-state index contributed by atoms with van der Waals surface area (Å²) in [6, 6.07) is 1.82. The minimum atomic E-state index is -0.129. The molecule has 2 rings (SSSR count). The molecular formula is C12H17BrN4O. The van der Waals surface area contributed by atoms with Crippen LogP contribution in [0.2, 0.25) is 0 Å². The van der Waals surface area contributed by atoms with Crippen molar-refractivity contribution in [2.24, 2.45) is 5.84 Å². The van der Waals surface area contributed by atoms with Gasteiger partial charge in [-0.15, -0.1) is 0 Å². The van der Waals surface area contributed by atoms with E-state index in [1.807, 2.05) is 17.7 Å². The molecule has 0 aliphatic rings. The van der Waals surface area contributed by atoms with Crippen molar-refractivity contribution in [2.45, 2.75) is 32.9 Å². The van der Waals surface area contributed by atoms with Crippen molar-refractivity contribution in [1.29, 1.82) is 0 Å². The van der Waals surface area contributed by atoms with Crippen LogP contribution in [0.5, 0.6) is 0 Å². The maximum Gasteiger partial charge on any atom is 0.108 e. The SMILES string of the molecule is CCc1occc1C(NN)c1c(Br)cnn1CC. The maximum atomic E-state index is 5.72. The van der Waals surface area contributed by atoms with Crippen LogP contribution in [0.3, 0.4) is 0 Å². The number of nitrogens with zero attached hydrogens (tertiary/aromatic N) is 2. The predicted molar refractivity (Wildman–Crippen MR) is 72.9 cm³/mol. The smallest absolute Gasteiger partial charge is 0.108 e. The van der Waals surface area contributed by atoms with Gasteiger partial charge in [0.25, 0.3) is 0 Å². The molecule has 1 unspecified atom stereocenters. The van der Waals surface area contributed by atoms with E-state index < -0.39 is 0 Å². The summed E-state index contributed by atoms with van der Waals surface area (Å²) in [6.45, 7) is 4.90. The van der Waals surface area contributed by atoms with Crippen molar-refractivity contribution in [2.75, 3.05) is 0 Å². The van der Waals surface area contributed by atoms with E-state index in [9.17, 15) is 0 Å². The maximum absolute atomic E-state index is 5.72. The van der Waals surface area contributed by atoms with Gasteiger partial charge in [-0.3, -0.25) is 10.5 Å². The van der Waals surface area contributed by atoms with Crippen molar-refractivity contribution in [3.8, 4) is 0 Å². The zero-order valence-corrected chi connectivity index (χ0v) is 12.1. The highest BCUT2D eigenvalue weighted by Crippen LogP contribution is 2.30. The van der Waals surface area contributed by atoms with Crippen molar-refractivity contribution >= 4 is 15.9 Å². The lowest BCUT2D eigenvalue weighted by atomic mass is 10.0. The molecule has 5 nitrogen and oxygen atoms in total. The van der Waals surface area contributed by atoms with E-state index in [2.05, 4.69) is 33.4 Å². The number of rotatable bonds is 5. The van der Waals surface area contributed by atoms with Crippen molar-refractivity contribution in [3.05, 3.63) is 40.0 Å². The van der Waals surface area contributed by atoms with Crippen LogP contribution in [0.25, 0.3) is 0 Å². The summed E-state index contributed by atoms with van der Waals surface area (Å²) in [6.07, 6.45) is 4.31. The zero-order valence-electron chi connectivity index (χ0n) is 10.5. The third-order valence-corrected chi connectivity index (χ3v) is 3.60. The molecule has 0 aromatic carbocycles. The highest BCUT2D eigenvalue weighted by molar-refractivity contribution is 9.10. The highest BCUT2D eigenvalue weighted by Gasteiger charge is 2.23. The molecular weight excluding hydrogens is 296 g/mol. The molecule has 0 bridgehead atoms. The predicted octanol–water partition coefficient (Wildman–Crippen LogP) is 2.37. The fourth-order valence-electron chi connectivity index (χ4n) is 2.12. The van der Waals surface area contributed by atoms with Crippen LogP contribution in [-0.4, -0.2) is 9.78 Å². The van der Waals surface area contributed by atoms with Gasteiger partial charge < -0.3 is 4.42 Å². The molecule has 0 saturated carbocycles. The first-order chi connectivity index (χ1) is 8.72. The number of aryl methyl sites for hydroxylation is 2. The number of nitrogens with two attached hydrogens (primary N) is 1. The van der Waals surface area contributed by atoms with E-state index in [4.69, 9.17) is 10.3 Å². The number of hydrazine groups is 1. The molecule has 2 aromatic rings. The second kappa shape index (κ2) is 5.69. The van der Waals surface area contributed by atoms with E-state index in [0.29, 0.717) is 0 Å². The van der Waals surface area contributed by atoms with Gasteiger partial charge in [-0.25, -0.2) is 5.43 Å². The van der Waals surface area contributed by atoms with Gasteiger partial charge in [-0.1, -0.05) is 6.92 Å². The van der Waals surface area contributed by atoms with Crippen LogP contribution in [0.4, 0.5) is 0 Å². The number of hydrogen-bond acceptors (Lipinski definition) is 4. The quantitative estimate of drug-likeness (QED) is 0.657. The molecule has 0 radical (unpaired) electrons. The molecule has 98 valence electrons. The summed E-state index contributed by atoms with van der Waals surface area (Å²) < 4.78 is 8.33.